The lowest BCUT2D eigenvalue weighted by Gasteiger charge is -2.16. The molecule has 1 heterocycles. The molecule has 5 nitrogen and oxygen atoms in total. The second-order valence-corrected chi connectivity index (χ2v) is 4.82. The van der Waals surface area contributed by atoms with Crippen molar-refractivity contribution in [2.45, 2.75) is 33.2 Å². The van der Waals surface area contributed by atoms with E-state index in [1.54, 1.807) is 0 Å². The van der Waals surface area contributed by atoms with Crippen molar-refractivity contribution in [3.8, 4) is 0 Å². The van der Waals surface area contributed by atoms with Crippen LogP contribution in [0.15, 0.2) is 12.1 Å². The van der Waals surface area contributed by atoms with Gasteiger partial charge in [-0.3, -0.25) is 10.1 Å². The highest BCUT2D eigenvalue weighted by Gasteiger charge is 2.17. The maximum Gasteiger partial charge on any atom is 0.311 e. The summed E-state index contributed by atoms with van der Waals surface area (Å²) in [4.78, 5) is 14.3. The Kier molecular flexibility index (Phi) is 4.69. The lowest BCUT2D eigenvalue weighted by Crippen LogP contribution is -2.19. The first-order valence-corrected chi connectivity index (χ1v) is 5.85. The molecule has 1 atom stereocenters. The zero-order valence-electron chi connectivity index (χ0n) is 10.1. The minimum absolute atomic E-state index is 0.0509. The molecule has 94 valence electrons. The molecule has 0 amide bonds. The molecule has 0 spiro atoms. The van der Waals surface area contributed by atoms with Crippen molar-refractivity contribution in [1.29, 1.82) is 0 Å². The van der Waals surface area contributed by atoms with E-state index in [0.29, 0.717) is 5.92 Å². The molecule has 0 aliphatic rings. The third kappa shape index (κ3) is 4.19. The van der Waals surface area contributed by atoms with E-state index >= 15 is 0 Å². The van der Waals surface area contributed by atoms with Gasteiger partial charge in [0.1, 0.15) is 5.15 Å². The minimum atomic E-state index is -0.465. The van der Waals surface area contributed by atoms with E-state index in [1.165, 1.54) is 12.1 Å². The van der Waals surface area contributed by atoms with Crippen molar-refractivity contribution < 1.29 is 4.92 Å². The van der Waals surface area contributed by atoms with Gasteiger partial charge >= 0.3 is 5.69 Å². The number of nitrogens with zero attached hydrogens (tertiary/aromatic N) is 2. The molecule has 17 heavy (non-hydrogen) atoms. The van der Waals surface area contributed by atoms with Gasteiger partial charge in [0.2, 0.25) is 5.82 Å². The average molecular weight is 258 g/mol. The first-order valence-electron chi connectivity index (χ1n) is 5.47. The largest absolute Gasteiger partial charge is 0.362 e. The van der Waals surface area contributed by atoms with E-state index in [-0.39, 0.29) is 22.7 Å². The SMILES string of the molecule is CC(C)CC(C)Nc1nc(Cl)ccc1[N+](=O)[O-]. The minimum Gasteiger partial charge on any atom is -0.362 e. The van der Waals surface area contributed by atoms with Gasteiger partial charge in [-0.1, -0.05) is 25.4 Å². The first kappa shape index (κ1) is 13.7. The van der Waals surface area contributed by atoms with Crippen molar-refractivity contribution in [3.05, 3.63) is 27.4 Å². The normalized spacial score (nSPS) is 12.5. The third-order valence-electron chi connectivity index (χ3n) is 2.24. The zero-order valence-corrected chi connectivity index (χ0v) is 10.9. The number of nitro groups is 1. The molecule has 1 unspecified atom stereocenters. The Labute approximate surface area is 105 Å². The molecule has 0 aromatic carbocycles. The second-order valence-electron chi connectivity index (χ2n) is 4.43. The Bertz CT molecular complexity index is 410. The highest BCUT2D eigenvalue weighted by molar-refractivity contribution is 6.29. The van der Waals surface area contributed by atoms with E-state index in [1.807, 2.05) is 6.92 Å². The molecule has 0 radical (unpaired) electrons. The van der Waals surface area contributed by atoms with Gasteiger partial charge in [0.05, 0.1) is 4.92 Å². The predicted molar refractivity (Wildman–Crippen MR) is 68.4 cm³/mol. The molecular formula is C11H16ClN3O2. The summed E-state index contributed by atoms with van der Waals surface area (Å²) in [5, 5.41) is 14.1. The maximum atomic E-state index is 10.8. The second kappa shape index (κ2) is 5.82. The van der Waals surface area contributed by atoms with Crippen LogP contribution in [0.3, 0.4) is 0 Å². The van der Waals surface area contributed by atoms with Crippen LogP contribution in [0, 0.1) is 16.0 Å². The Hall–Kier alpha value is -1.36. The van der Waals surface area contributed by atoms with Gasteiger partial charge in [0, 0.05) is 12.1 Å². The third-order valence-corrected chi connectivity index (χ3v) is 2.46. The van der Waals surface area contributed by atoms with E-state index < -0.39 is 4.92 Å². The Balaban J connectivity index is 2.88. The lowest BCUT2D eigenvalue weighted by molar-refractivity contribution is -0.384. The van der Waals surface area contributed by atoms with Crippen LogP contribution in [0.2, 0.25) is 5.15 Å². The van der Waals surface area contributed by atoms with Crippen LogP contribution in [-0.4, -0.2) is 15.9 Å². The fourth-order valence-electron chi connectivity index (χ4n) is 1.68. The number of rotatable bonds is 5. The molecule has 0 aliphatic heterocycles. The molecule has 1 aromatic heterocycles. The van der Waals surface area contributed by atoms with Crippen molar-refractivity contribution in [2.75, 3.05) is 5.32 Å². The zero-order chi connectivity index (χ0) is 13.0. The Morgan fingerprint density at radius 3 is 2.65 bits per heavy atom. The molecule has 0 saturated heterocycles. The summed E-state index contributed by atoms with van der Waals surface area (Å²) in [6.07, 6.45) is 0.908. The molecule has 6 heteroatoms. The quantitative estimate of drug-likeness (QED) is 0.498. The van der Waals surface area contributed by atoms with E-state index in [0.717, 1.165) is 6.42 Å². The molecule has 1 rings (SSSR count). The monoisotopic (exact) mass is 257 g/mol. The molecule has 0 aliphatic carbocycles. The van der Waals surface area contributed by atoms with Crippen LogP contribution in [-0.2, 0) is 0 Å². The number of hydrogen-bond donors (Lipinski definition) is 1. The van der Waals surface area contributed by atoms with Gasteiger partial charge in [0.15, 0.2) is 0 Å². The first-order chi connectivity index (χ1) is 7.90. The Morgan fingerprint density at radius 1 is 1.47 bits per heavy atom. The number of hydrogen-bond acceptors (Lipinski definition) is 4. The standard InChI is InChI=1S/C11H16ClN3O2/c1-7(2)6-8(3)13-11-9(15(16)17)4-5-10(12)14-11/h4-5,7-8H,6H2,1-3H3,(H,13,14). The smallest absolute Gasteiger partial charge is 0.311 e. The van der Waals surface area contributed by atoms with Gasteiger partial charge < -0.3 is 5.32 Å². The summed E-state index contributed by atoms with van der Waals surface area (Å²) in [6, 6.07) is 2.89. The summed E-state index contributed by atoms with van der Waals surface area (Å²) in [7, 11) is 0. The maximum absolute atomic E-state index is 10.8. The summed E-state index contributed by atoms with van der Waals surface area (Å²) < 4.78 is 0. The molecule has 0 fully saturated rings. The number of pyridine rings is 1. The average Bonchev–Trinajstić information content (AvgIpc) is 2.15. The van der Waals surface area contributed by atoms with Crippen LogP contribution in [0.4, 0.5) is 11.5 Å². The summed E-state index contributed by atoms with van der Waals surface area (Å²) in [6.45, 7) is 6.16. The van der Waals surface area contributed by atoms with Gasteiger partial charge in [-0.25, -0.2) is 4.98 Å². The van der Waals surface area contributed by atoms with E-state index in [9.17, 15) is 10.1 Å². The van der Waals surface area contributed by atoms with Crippen LogP contribution in [0.1, 0.15) is 27.2 Å². The van der Waals surface area contributed by atoms with Crippen LogP contribution in [0.25, 0.3) is 0 Å². The van der Waals surface area contributed by atoms with Crippen molar-refractivity contribution in [2.24, 2.45) is 5.92 Å². The van der Waals surface area contributed by atoms with Crippen LogP contribution in [0.5, 0.6) is 0 Å². The van der Waals surface area contributed by atoms with Gasteiger partial charge in [0.25, 0.3) is 0 Å². The Morgan fingerprint density at radius 2 is 2.12 bits per heavy atom. The van der Waals surface area contributed by atoms with Gasteiger partial charge in [-0.15, -0.1) is 0 Å². The number of nitrogens with one attached hydrogen (secondary N) is 1. The summed E-state index contributed by atoms with van der Waals surface area (Å²) in [5.41, 5.74) is -0.0509. The van der Waals surface area contributed by atoms with Crippen LogP contribution >= 0.6 is 11.6 Å². The van der Waals surface area contributed by atoms with Crippen molar-refractivity contribution in [1.82, 2.24) is 4.98 Å². The number of anilines is 1. The molecular weight excluding hydrogens is 242 g/mol. The molecule has 0 bridgehead atoms. The highest BCUT2D eigenvalue weighted by Crippen LogP contribution is 2.25. The van der Waals surface area contributed by atoms with Crippen molar-refractivity contribution >= 4 is 23.1 Å². The lowest BCUT2D eigenvalue weighted by atomic mass is 10.1. The van der Waals surface area contributed by atoms with Crippen molar-refractivity contribution in [3.63, 3.8) is 0 Å². The van der Waals surface area contributed by atoms with E-state index in [4.69, 9.17) is 11.6 Å². The number of aromatic nitrogens is 1. The summed E-state index contributed by atoms with van der Waals surface area (Å²) in [5.74, 6) is 0.742. The molecule has 1 N–H and O–H groups in total. The summed E-state index contributed by atoms with van der Waals surface area (Å²) >= 11 is 5.74. The van der Waals surface area contributed by atoms with Gasteiger partial charge in [-0.05, 0) is 25.3 Å². The topological polar surface area (TPSA) is 68.1 Å². The molecule has 1 aromatic rings. The fourth-order valence-corrected chi connectivity index (χ4v) is 1.83. The predicted octanol–water partition coefficient (Wildman–Crippen LogP) is 3.49. The number of halogens is 1. The van der Waals surface area contributed by atoms with E-state index in [2.05, 4.69) is 24.1 Å². The van der Waals surface area contributed by atoms with Crippen LogP contribution < -0.4 is 5.32 Å². The van der Waals surface area contributed by atoms with Gasteiger partial charge in [-0.2, -0.15) is 0 Å². The highest BCUT2D eigenvalue weighted by atomic mass is 35.5. The molecule has 0 saturated carbocycles. The fraction of sp³-hybridized carbons (Fsp3) is 0.545.